The number of hydrogen-bond acceptors (Lipinski definition) is 3. The molecule has 0 aliphatic rings. The molecule has 3 heteroatoms. The summed E-state index contributed by atoms with van der Waals surface area (Å²) in [6, 6.07) is -0.00703. The third kappa shape index (κ3) is 4.46. The molecule has 0 bridgehead atoms. The van der Waals surface area contributed by atoms with Crippen molar-refractivity contribution in [1.82, 2.24) is 0 Å². The van der Waals surface area contributed by atoms with Gasteiger partial charge in [-0.25, -0.2) is 0 Å². The SMILES string of the molecule is CC(C)C(=O)[C@H](C)OC[C@H](C)N. The van der Waals surface area contributed by atoms with E-state index in [1.807, 2.05) is 20.8 Å². The third-order valence-corrected chi connectivity index (χ3v) is 1.58. The molecule has 0 heterocycles. The van der Waals surface area contributed by atoms with E-state index in [0.29, 0.717) is 6.61 Å². The normalized spacial score (nSPS) is 16.2. The predicted octanol–water partition coefficient (Wildman–Crippen LogP) is 0.964. The zero-order valence-electron chi connectivity index (χ0n) is 8.33. The number of nitrogens with two attached hydrogens (primary N) is 1. The minimum atomic E-state index is -0.323. The van der Waals surface area contributed by atoms with Crippen molar-refractivity contribution >= 4 is 5.78 Å². The van der Waals surface area contributed by atoms with Crippen LogP contribution in [0, 0.1) is 5.92 Å². The Bertz CT molecular complexity index is 143. The van der Waals surface area contributed by atoms with Crippen molar-refractivity contribution in [2.24, 2.45) is 11.7 Å². The van der Waals surface area contributed by atoms with Gasteiger partial charge in [-0.3, -0.25) is 4.79 Å². The van der Waals surface area contributed by atoms with Gasteiger partial charge in [0.25, 0.3) is 0 Å². The van der Waals surface area contributed by atoms with E-state index in [-0.39, 0.29) is 23.8 Å². The molecular formula is C9H19NO2. The number of carbonyl (C=O) groups excluding carboxylic acids is 1. The smallest absolute Gasteiger partial charge is 0.163 e. The molecular weight excluding hydrogens is 154 g/mol. The van der Waals surface area contributed by atoms with Crippen LogP contribution < -0.4 is 5.73 Å². The van der Waals surface area contributed by atoms with E-state index in [0.717, 1.165) is 0 Å². The third-order valence-electron chi connectivity index (χ3n) is 1.58. The van der Waals surface area contributed by atoms with E-state index in [9.17, 15) is 4.79 Å². The summed E-state index contributed by atoms with van der Waals surface area (Å²) in [5.41, 5.74) is 5.48. The van der Waals surface area contributed by atoms with E-state index in [1.54, 1.807) is 6.92 Å². The van der Waals surface area contributed by atoms with E-state index in [1.165, 1.54) is 0 Å². The molecule has 0 spiro atoms. The Hall–Kier alpha value is -0.410. The maximum atomic E-state index is 11.3. The number of ether oxygens (including phenoxy) is 1. The summed E-state index contributed by atoms with van der Waals surface area (Å²) >= 11 is 0. The number of rotatable bonds is 5. The first-order valence-electron chi connectivity index (χ1n) is 4.36. The molecule has 0 rings (SSSR count). The molecule has 0 aliphatic heterocycles. The molecule has 0 fully saturated rings. The van der Waals surface area contributed by atoms with Crippen LogP contribution in [-0.4, -0.2) is 24.5 Å². The average molecular weight is 173 g/mol. The number of ketones is 1. The highest BCUT2D eigenvalue weighted by Gasteiger charge is 2.16. The van der Waals surface area contributed by atoms with Gasteiger partial charge in [0, 0.05) is 12.0 Å². The standard InChI is InChI=1S/C9H19NO2/c1-6(2)9(11)8(4)12-5-7(3)10/h6-8H,5,10H2,1-4H3/t7-,8-/m0/s1. The highest BCUT2D eigenvalue weighted by molar-refractivity contribution is 5.84. The molecule has 0 aliphatic carbocycles. The van der Waals surface area contributed by atoms with Crippen LogP contribution in [0.1, 0.15) is 27.7 Å². The van der Waals surface area contributed by atoms with Gasteiger partial charge in [0.05, 0.1) is 6.61 Å². The summed E-state index contributed by atoms with van der Waals surface area (Å²) in [5, 5.41) is 0. The van der Waals surface area contributed by atoms with Gasteiger partial charge in [-0.2, -0.15) is 0 Å². The fourth-order valence-corrected chi connectivity index (χ4v) is 0.848. The Labute approximate surface area is 74.3 Å². The zero-order valence-corrected chi connectivity index (χ0v) is 8.33. The number of carbonyl (C=O) groups is 1. The lowest BCUT2D eigenvalue weighted by Crippen LogP contribution is -2.30. The summed E-state index contributed by atoms with van der Waals surface area (Å²) in [6.07, 6.45) is -0.323. The summed E-state index contributed by atoms with van der Waals surface area (Å²) in [6.45, 7) is 7.80. The predicted molar refractivity (Wildman–Crippen MR) is 48.9 cm³/mol. The second-order valence-corrected chi connectivity index (χ2v) is 3.51. The fraction of sp³-hybridized carbons (Fsp3) is 0.889. The minimum Gasteiger partial charge on any atom is -0.369 e. The van der Waals surface area contributed by atoms with Gasteiger partial charge < -0.3 is 10.5 Å². The summed E-state index contributed by atoms with van der Waals surface area (Å²) < 4.78 is 5.25. The highest BCUT2D eigenvalue weighted by atomic mass is 16.5. The molecule has 0 aromatic carbocycles. The van der Waals surface area contributed by atoms with E-state index >= 15 is 0 Å². The Morgan fingerprint density at radius 2 is 1.83 bits per heavy atom. The maximum Gasteiger partial charge on any atom is 0.163 e. The Morgan fingerprint density at radius 1 is 1.33 bits per heavy atom. The van der Waals surface area contributed by atoms with Gasteiger partial charge in [0.15, 0.2) is 5.78 Å². The van der Waals surface area contributed by atoms with Crippen LogP contribution in [0.15, 0.2) is 0 Å². The first-order chi connectivity index (χ1) is 5.45. The first kappa shape index (κ1) is 11.6. The van der Waals surface area contributed by atoms with Crippen LogP contribution in [0.25, 0.3) is 0 Å². The van der Waals surface area contributed by atoms with Gasteiger partial charge in [0.2, 0.25) is 0 Å². The summed E-state index contributed by atoms with van der Waals surface area (Å²) in [4.78, 5) is 11.3. The van der Waals surface area contributed by atoms with Gasteiger partial charge in [0.1, 0.15) is 6.10 Å². The monoisotopic (exact) mass is 173 g/mol. The molecule has 72 valence electrons. The van der Waals surface area contributed by atoms with Crippen LogP contribution in [0.2, 0.25) is 0 Å². The fourth-order valence-electron chi connectivity index (χ4n) is 0.848. The van der Waals surface area contributed by atoms with Crippen molar-refractivity contribution in [3.05, 3.63) is 0 Å². The van der Waals surface area contributed by atoms with Crippen molar-refractivity contribution in [3.63, 3.8) is 0 Å². The zero-order chi connectivity index (χ0) is 9.72. The maximum absolute atomic E-state index is 11.3. The molecule has 0 amide bonds. The Kier molecular flexibility index (Phi) is 5.09. The molecule has 2 atom stereocenters. The van der Waals surface area contributed by atoms with Crippen molar-refractivity contribution in [2.45, 2.75) is 39.8 Å². The molecule has 0 saturated carbocycles. The van der Waals surface area contributed by atoms with Gasteiger partial charge in [-0.05, 0) is 13.8 Å². The van der Waals surface area contributed by atoms with Crippen molar-refractivity contribution < 1.29 is 9.53 Å². The van der Waals surface area contributed by atoms with Crippen LogP contribution in [0.5, 0.6) is 0 Å². The molecule has 12 heavy (non-hydrogen) atoms. The summed E-state index contributed by atoms with van der Waals surface area (Å²) in [5.74, 6) is 0.170. The highest BCUT2D eigenvalue weighted by Crippen LogP contribution is 2.03. The van der Waals surface area contributed by atoms with E-state index in [4.69, 9.17) is 10.5 Å². The van der Waals surface area contributed by atoms with Crippen LogP contribution in [-0.2, 0) is 9.53 Å². The van der Waals surface area contributed by atoms with E-state index in [2.05, 4.69) is 0 Å². The van der Waals surface area contributed by atoms with Crippen molar-refractivity contribution in [2.75, 3.05) is 6.61 Å². The molecule has 0 aromatic heterocycles. The van der Waals surface area contributed by atoms with Gasteiger partial charge in [-0.15, -0.1) is 0 Å². The summed E-state index contributed by atoms with van der Waals surface area (Å²) in [7, 11) is 0. The largest absolute Gasteiger partial charge is 0.369 e. The Morgan fingerprint density at radius 3 is 2.17 bits per heavy atom. The van der Waals surface area contributed by atoms with Gasteiger partial charge >= 0.3 is 0 Å². The van der Waals surface area contributed by atoms with Crippen molar-refractivity contribution in [3.8, 4) is 0 Å². The molecule has 0 aromatic rings. The lowest BCUT2D eigenvalue weighted by atomic mass is 10.1. The topological polar surface area (TPSA) is 52.3 Å². The van der Waals surface area contributed by atoms with Crippen LogP contribution in [0.3, 0.4) is 0 Å². The molecule has 2 N–H and O–H groups in total. The number of hydrogen-bond donors (Lipinski definition) is 1. The average Bonchev–Trinajstić information content (AvgIpc) is 1.98. The molecule has 0 saturated heterocycles. The lowest BCUT2D eigenvalue weighted by Gasteiger charge is -2.15. The van der Waals surface area contributed by atoms with Crippen LogP contribution >= 0.6 is 0 Å². The molecule has 0 unspecified atom stereocenters. The molecule has 3 nitrogen and oxygen atoms in total. The van der Waals surface area contributed by atoms with Gasteiger partial charge in [-0.1, -0.05) is 13.8 Å². The lowest BCUT2D eigenvalue weighted by molar-refractivity contribution is -0.132. The second kappa shape index (κ2) is 5.27. The van der Waals surface area contributed by atoms with Crippen LogP contribution in [0.4, 0.5) is 0 Å². The van der Waals surface area contributed by atoms with E-state index < -0.39 is 0 Å². The first-order valence-corrected chi connectivity index (χ1v) is 4.36. The minimum absolute atomic E-state index is 0.00703. The van der Waals surface area contributed by atoms with Crippen molar-refractivity contribution in [1.29, 1.82) is 0 Å². The molecule has 0 radical (unpaired) electrons. The quantitative estimate of drug-likeness (QED) is 0.673. The second-order valence-electron chi connectivity index (χ2n) is 3.51. The number of Topliss-reactive ketones (excluding diaryl/α,β-unsaturated/α-hetero) is 1. The Balaban J connectivity index is 3.72.